The van der Waals surface area contributed by atoms with Gasteiger partial charge in [-0.15, -0.1) is 4.40 Å². The van der Waals surface area contributed by atoms with E-state index in [0.717, 1.165) is 10.8 Å². The molecule has 24 heavy (non-hydrogen) atoms. The first-order chi connectivity index (χ1) is 11.1. The zero-order chi connectivity index (χ0) is 18.4. The average Bonchev–Trinajstić information content (AvgIpc) is 2.95. The van der Waals surface area contributed by atoms with Gasteiger partial charge in [-0.3, -0.25) is 5.32 Å². The first-order valence-corrected chi connectivity index (χ1v) is 8.33. The van der Waals surface area contributed by atoms with Gasteiger partial charge in [-0.05, 0) is 39.0 Å². The van der Waals surface area contributed by atoms with E-state index in [9.17, 15) is 13.2 Å². The van der Waals surface area contributed by atoms with Crippen molar-refractivity contribution in [2.24, 2.45) is 4.40 Å². The van der Waals surface area contributed by atoms with Crippen molar-refractivity contribution < 1.29 is 19.4 Å². The third kappa shape index (κ3) is 5.84. The van der Waals surface area contributed by atoms with Crippen LogP contribution in [0.5, 0.6) is 0 Å². The molecule has 0 aromatic carbocycles. The molecule has 0 atom stereocenters. The Kier molecular flexibility index (Phi) is 6.24. The second-order valence-corrected chi connectivity index (χ2v) is 7.08. The van der Waals surface area contributed by atoms with Gasteiger partial charge in [-0.2, -0.15) is 13.5 Å². The molecule has 132 valence electrons. The van der Waals surface area contributed by atoms with Crippen LogP contribution in [0, 0.1) is 0 Å². The lowest BCUT2D eigenvalue weighted by Crippen LogP contribution is -2.40. The molecule has 1 aromatic rings. The van der Waals surface area contributed by atoms with Crippen molar-refractivity contribution >= 4 is 22.1 Å². The van der Waals surface area contributed by atoms with Crippen molar-refractivity contribution in [1.82, 2.24) is 15.1 Å². The summed E-state index contributed by atoms with van der Waals surface area (Å²) in [5, 5.41) is 6.14. The van der Waals surface area contributed by atoms with Gasteiger partial charge < -0.3 is 4.74 Å². The number of aromatic nitrogens is 2. The molecule has 0 unspecified atom stereocenters. The van der Waals surface area contributed by atoms with Gasteiger partial charge in [0, 0.05) is 13.8 Å². The summed E-state index contributed by atoms with van der Waals surface area (Å²) in [6.07, 6.45) is 5.62. The molecule has 0 radical (unpaired) electrons. The molecule has 1 aromatic heterocycles. The van der Waals surface area contributed by atoms with Crippen molar-refractivity contribution in [3.8, 4) is 0 Å². The van der Waals surface area contributed by atoms with E-state index in [4.69, 9.17) is 4.74 Å². The molecule has 0 aliphatic heterocycles. The van der Waals surface area contributed by atoms with Gasteiger partial charge in [0.1, 0.15) is 5.60 Å². The van der Waals surface area contributed by atoms with E-state index >= 15 is 0 Å². The number of hydrogen-bond donors (Lipinski definition) is 1. The highest BCUT2D eigenvalue weighted by Crippen LogP contribution is 2.11. The molecule has 1 rings (SSSR count). The van der Waals surface area contributed by atoms with Crippen LogP contribution in [0.15, 0.2) is 59.1 Å². The maximum Gasteiger partial charge on any atom is 0.414 e. The van der Waals surface area contributed by atoms with Crippen LogP contribution in [0.4, 0.5) is 4.79 Å². The number of alkyl carbamates (subject to hydrolysis) is 1. The minimum absolute atomic E-state index is 0. The van der Waals surface area contributed by atoms with Crippen LogP contribution in [-0.4, -0.2) is 35.9 Å². The van der Waals surface area contributed by atoms with Crippen molar-refractivity contribution in [2.75, 3.05) is 0 Å². The van der Waals surface area contributed by atoms with Crippen molar-refractivity contribution in [2.45, 2.75) is 26.4 Å². The highest BCUT2D eigenvalue weighted by atomic mass is 32.2. The lowest BCUT2D eigenvalue weighted by Gasteiger charge is -2.20. The summed E-state index contributed by atoms with van der Waals surface area (Å²) in [7, 11) is -4.12. The van der Waals surface area contributed by atoms with Crippen molar-refractivity contribution in [1.29, 1.82) is 0 Å². The van der Waals surface area contributed by atoms with Crippen LogP contribution in [0.3, 0.4) is 0 Å². The fourth-order valence-electron chi connectivity index (χ4n) is 1.45. The number of sulfonamides is 1. The molecule has 0 aliphatic rings. The second-order valence-electron chi connectivity index (χ2n) is 5.48. The van der Waals surface area contributed by atoms with Crippen LogP contribution in [0.25, 0.3) is 0 Å². The Morgan fingerprint density at radius 3 is 2.54 bits per heavy atom. The minimum atomic E-state index is -4.12. The molecule has 0 aliphatic carbocycles. The zero-order valence-corrected chi connectivity index (χ0v) is 14.6. The predicted octanol–water partition coefficient (Wildman–Crippen LogP) is 2.44. The summed E-state index contributed by atoms with van der Waals surface area (Å²) in [6.45, 7) is 11.9. The van der Waals surface area contributed by atoms with E-state index in [-0.39, 0.29) is 12.3 Å². The van der Waals surface area contributed by atoms with Crippen LogP contribution in [0.2, 0.25) is 0 Å². The third-order valence-corrected chi connectivity index (χ3v) is 3.63. The number of nitrogens with zero attached hydrogens (tertiary/aromatic N) is 3. The number of nitrogens with one attached hydrogen (secondary N) is 1. The molecule has 0 spiro atoms. The average molecular weight is 354 g/mol. The van der Waals surface area contributed by atoms with E-state index in [1.165, 1.54) is 24.5 Å². The molecule has 1 amide bonds. The van der Waals surface area contributed by atoms with Gasteiger partial charge in [-0.1, -0.05) is 19.2 Å². The molecule has 1 heterocycles. The Morgan fingerprint density at radius 1 is 1.42 bits per heavy atom. The van der Waals surface area contributed by atoms with Crippen LogP contribution in [-0.2, 0) is 14.8 Å². The number of ether oxygens (including phenoxy) is 1. The fourth-order valence-corrected chi connectivity index (χ4v) is 2.39. The lowest BCUT2D eigenvalue weighted by atomic mass is 10.2. The molecule has 0 bridgehead atoms. The Hall–Kier alpha value is -2.68. The summed E-state index contributed by atoms with van der Waals surface area (Å²) in [4.78, 5) is 11.7. The van der Waals surface area contributed by atoms with Gasteiger partial charge in [0.25, 0.3) is 10.0 Å². The Balaban J connectivity index is 0.00000576. The SMILES string of the molecule is C=C/C=C(\C=C)S(=O)(=O)/N=C(/NC(=O)OC(C)(C)C)n1cccn1.[HH]. The fraction of sp³-hybridized carbons (Fsp3) is 0.267. The van der Waals surface area contributed by atoms with Gasteiger partial charge in [-0.25, -0.2) is 9.48 Å². The highest BCUT2D eigenvalue weighted by molar-refractivity contribution is 7.94. The number of rotatable bonds is 4. The summed E-state index contributed by atoms with van der Waals surface area (Å²) in [5.74, 6) is -0.328. The quantitative estimate of drug-likeness (QED) is 0.508. The number of allylic oxidation sites excluding steroid dienone is 3. The van der Waals surface area contributed by atoms with E-state index in [0.29, 0.717) is 0 Å². The van der Waals surface area contributed by atoms with E-state index in [2.05, 4.69) is 28.0 Å². The van der Waals surface area contributed by atoms with E-state index in [1.807, 2.05) is 0 Å². The summed E-state index contributed by atoms with van der Waals surface area (Å²) >= 11 is 0. The third-order valence-electron chi connectivity index (χ3n) is 2.32. The molecule has 0 fully saturated rings. The largest absolute Gasteiger partial charge is 0.444 e. The molecule has 8 nitrogen and oxygen atoms in total. The van der Waals surface area contributed by atoms with Crippen LogP contribution >= 0.6 is 0 Å². The Morgan fingerprint density at radius 2 is 2.08 bits per heavy atom. The lowest BCUT2D eigenvalue weighted by molar-refractivity contribution is 0.0561. The maximum atomic E-state index is 12.3. The Bertz CT molecular complexity index is 775. The molecule has 9 heteroatoms. The van der Waals surface area contributed by atoms with Crippen LogP contribution in [0.1, 0.15) is 22.2 Å². The predicted molar refractivity (Wildman–Crippen MR) is 93.9 cm³/mol. The zero-order valence-electron chi connectivity index (χ0n) is 13.8. The number of amides is 1. The van der Waals surface area contributed by atoms with Gasteiger partial charge in [0.15, 0.2) is 0 Å². The topological polar surface area (TPSA) is 103 Å². The van der Waals surface area contributed by atoms with E-state index < -0.39 is 21.7 Å². The maximum absolute atomic E-state index is 12.3. The molecule has 1 N–H and O–H groups in total. The van der Waals surface area contributed by atoms with Gasteiger partial charge in [0.05, 0.1) is 4.91 Å². The van der Waals surface area contributed by atoms with E-state index in [1.54, 1.807) is 26.8 Å². The van der Waals surface area contributed by atoms with Crippen molar-refractivity contribution in [3.63, 3.8) is 0 Å². The smallest absolute Gasteiger partial charge is 0.414 e. The second kappa shape index (κ2) is 7.73. The molecular formula is C15H22N4O4S. The Labute approximate surface area is 142 Å². The summed E-state index contributed by atoms with van der Waals surface area (Å²) < 4.78 is 34.4. The summed E-state index contributed by atoms with van der Waals surface area (Å²) in [5.41, 5.74) is -0.757. The van der Waals surface area contributed by atoms with Crippen LogP contribution < -0.4 is 5.32 Å². The van der Waals surface area contributed by atoms with Gasteiger partial charge in [0.2, 0.25) is 5.96 Å². The first kappa shape index (κ1) is 19.4. The monoisotopic (exact) mass is 354 g/mol. The standard InChI is InChI=1S/C15H20N4O4S.H2/c1-6-9-12(7-2)24(21,22)18-13(19-11-8-10-16-19)17-14(20)23-15(3,4)5;/h6-11H,1-2H2,3-5H3,(H,17,18,20);1H/b12-9+;. The van der Waals surface area contributed by atoms with Gasteiger partial charge >= 0.3 is 6.09 Å². The number of carbonyl (C=O) groups is 1. The number of carbonyl (C=O) groups excluding carboxylic acids is 1. The molecule has 0 saturated heterocycles. The molecule has 0 saturated carbocycles. The number of hydrogen-bond acceptors (Lipinski definition) is 5. The molecular weight excluding hydrogens is 332 g/mol. The minimum Gasteiger partial charge on any atom is -0.444 e. The first-order valence-electron chi connectivity index (χ1n) is 6.89. The highest BCUT2D eigenvalue weighted by Gasteiger charge is 2.21. The summed E-state index contributed by atoms with van der Waals surface area (Å²) in [6, 6.07) is 1.55. The van der Waals surface area contributed by atoms with Crippen molar-refractivity contribution in [3.05, 3.63) is 54.8 Å². The normalized spacial score (nSPS) is 13.3.